The van der Waals surface area contributed by atoms with Crippen LogP contribution in [-0.2, 0) is 7.05 Å². The maximum Gasteiger partial charge on any atom is 0.334 e. The number of hydrogen-bond donors (Lipinski definition) is 1. The van der Waals surface area contributed by atoms with Gasteiger partial charge in [-0.2, -0.15) is 0 Å². The second kappa shape index (κ2) is 5.79. The Bertz CT molecular complexity index is 1100. The summed E-state index contributed by atoms with van der Waals surface area (Å²) in [4.78, 5) is 20.7. The number of imidazole rings is 1. The highest BCUT2D eigenvalue weighted by Crippen LogP contribution is 2.24. The van der Waals surface area contributed by atoms with Gasteiger partial charge in [0.05, 0.1) is 5.69 Å². The van der Waals surface area contributed by atoms with E-state index in [2.05, 4.69) is 9.97 Å². The van der Waals surface area contributed by atoms with Crippen LogP contribution in [-0.4, -0.2) is 19.1 Å². The lowest BCUT2D eigenvalue weighted by atomic mass is 10.3. The molecule has 0 aliphatic heterocycles. The van der Waals surface area contributed by atoms with Crippen LogP contribution < -0.4 is 16.2 Å². The van der Waals surface area contributed by atoms with Crippen molar-refractivity contribution < 1.29 is 4.74 Å². The Morgan fingerprint density at radius 3 is 2.36 bits per heavy atom. The summed E-state index contributed by atoms with van der Waals surface area (Å²) in [6.07, 6.45) is 1.35. The standard InChI is InChI=1S/C18H15N5O2/c1-22-17-15(16(19)20-11-21-17)23(18(22)24)12-7-9-14(10-8-12)25-13-5-3-2-4-6-13/h2-11H,1H3,(H2,19,20,21). The van der Waals surface area contributed by atoms with Crippen molar-refractivity contribution in [2.24, 2.45) is 7.05 Å². The van der Waals surface area contributed by atoms with E-state index in [1.807, 2.05) is 30.3 Å². The molecular weight excluding hydrogens is 318 g/mol. The van der Waals surface area contributed by atoms with Gasteiger partial charge in [-0.05, 0) is 36.4 Å². The molecule has 0 aliphatic carbocycles. The Morgan fingerprint density at radius 2 is 1.64 bits per heavy atom. The maximum atomic E-state index is 12.6. The van der Waals surface area contributed by atoms with E-state index in [-0.39, 0.29) is 11.5 Å². The lowest BCUT2D eigenvalue weighted by Crippen LogP contribution is -2.21. The molecule has 2 heterocycles. The first-order chi connectivity index (χ1) is 12.1. The van der Waals surface area contributed by atoms with Crippen LogP contribution in [0.25, 0.3) is 16.9 Å². The number of nitrogen functional groups attached to an aromatic ring is 1. The topological polar surface area (TPSA) is 88.0 Å². The van der Waals surface area contributed by atoms with Crippen molar-refractivity contribution in [3.05, 3.63) is 71.4 Å². The van der Waals surface area contributed by atoms with Crippen LogP contribution in [0.4, 0.5) is 5.82 Å². The largest absolute Gasteiger partial charge is 0.457 e. The van der Waals surface area contributed by atoms with E-state index >= 15 is 0 Å². The minimum absolute atomic E-state index is 0.237. The van der Waals surface area contributed by atoms with E-state index in [1.54, 1.807) is 31.3 Å². The third kappa shape index (κ3) is 2.51. The summed E-state index contributed by atoms with van der Waals surface area (Å²) in [7, 11) is 1.65. The highest BCUT2D eigenvalue weighted by Gasteiger charge is 2.16. The van der Waals surface area contributed by atoms with Crippen molar-refractivity contribution in [1.82, 2.24) is 19.1 Å². The van der Waals surface area contributed by atoms with Crippen molar-refractivity contribution in [3.8, 4) is 17.2 Å². The van der Waals surface area contributed by atoms with E-state index in [0.29, 0.717) is 22.6 Å². The molecule has 0 aliphatic rings. The molecule has 0 spiro atoms. The molecule has 0 unspecified atom stereocenters. The highest BCUT2D eigenvalue weighted by atomic mass is 16.5. The summed E-state index contributed by atoms with van der Waals surface area (Å²) >= 11 is 0. The number of nitrogens with two attached hydrogens (primary N) is 1. The van der Waals surface area contributed by atoms with E-state index in [4.69, 9.17) is 10.5 Å². The lowest BCUT2D eigenvalue weighted by molar-refractivity contribution is 0.482. The summed E-state index contributed by atoms with van der Waals surface area (Å²) in [6.45, 7) is 0. The van der Waals surface area contributed by atoms with Gasteiger partial charge in [0.1, 0.15) is 23.3 Å². The predicted molar refractivity (Wildman–Crippen MR) is 95.0 cm³/mol. The Morgan fingerprint density at radius 1 is 0.960 bits per heavy atom. The van der Waals surface area contributed by atoms with E-state index < -0.39 is 0 Å². The first-order valence-corrected chi connectivity index (χ1v) is 7.66. The average molecular weight is 333 g/mol. The minimum atomic E-state index is -0.237. The van der Waals surface area contributed by atoms with Gasteiger partial charge < -0.3 is 10.5 Å². The van der Waals surface area contributed by atoms with Gasteiger partial charge >= 0.3 is 5.69 Å². The van der Waals surface area contributed by atoms with Crippen LogP contribution in [0.15, 0.2) is 65.7 Å². The summed E-state index contributed by atoms with van der Waals surface area (Å²) in [5, 5.41) is 0. The first-order valence-electron chi connectivity index (χ1n) is 7.66. The van der Waals surface area contributed by atoms with Gasteiger partial charge in [-0.1, -0.05) is 18.2 Å². The molecule has 0 radical (unpaired) electrons. The predicted octanol–water partition coefficient (Wildman–Crippen LogP) is 2.49. The number of rotatable bonds is 3. The number of hydrogen-bond acceptors (Lipinski definition) is 5. The summed E-state index contributed by atoms with van der Waals surface area (Å²) in [5.74, 6) is 1.68. The number of anilines is 1. The smallest absolute Gasteiger partial charge is 0.334 e. The third-order valence-electron chi connectivity index (χ3n) is 3.92. The van der Waals surface area contributed by atoms with Crippen molar-refractivity contribution in [2.45, 2.75) is 0 Å². The van der Waals surface area contributed by atoms with Gasteiger partial charge in [-0.15, -0.1) is 0 Å². The van der Waals surface area contributed by atoms with E-state index in [9.17, 15) is 4.79 Å². The fourth-order valence-corrected chi connectivity index (χ4v) is 2.71. The van der Waals surface area contributed by atoms with Crippen molar-refractivity contribution in [1.29, 1.82) is 0 Å². The normalized spacial score (nSPS) is 10.9. The zero-order valence-electron chi connectivity index (χ0n) is 13.5. The van der Waals surface area contributed by atoms with E-state index in [1.165, 1.54) is 15.5 Å². The van der Waals surface area contributed by atoms with Crippen LogP contribution >= 0.6 is 0 Å². The SMILES string of the molecule is Cn1c(=O)n(-c2ccc(Oc3ccccc3)cc2)c2c(N)ncnc21. The maximum absolute atomic E-state index is 12.6. The summed E-state index contributed by atoms with van der Waals surface area (Å²) < 4.78 is 8.72. The van der Waals surface area contributed by atoms with Crippen LogP contribution in [0.3, 0.4) is 0 Å². The fraction of sp³-hybridized carbons (Fsp3) is 0.0556. The average Bonchev–Trinajstić information content (AvgIpc) is 2.89. The Balaban J connectivity index is 1.77. The second-order valence-electron chi connectivity index (χ2n) is 5.52. The molecule has 0 saturated carbocycles. The number of benzene rings is 2. The second-order valence-corrected chi connectivity index (χ2v) is 5.52. The lowest BCUT2D eigenvalue weighted by Gasteiger charge is -2.08. The number of fused-ring (bicyclic) bond motifs is 1. The number of para-hydroxylation sites is 1. The van der Waals surface area contributed by atoms with Gasteiger partial charge in [0.25, 0.3) is 0 Å². The molecule has 0 atom stereocenters. The first kappa shape index (κ1) is 14.9. The van der Waals surface area contributed by atoms with Crippen LogP contribution in [0.5, 0.6) is 11.5 Å². The zero-order chi connectivity index (χ0) is 17.4. The molecule has 2 aromatic carbocycles. The molecule has 124 valence electrons. The molecule has 0 fully saturated rings. The molecule has 4 rings (SSSR count). The molecule has 0 amide bonds. The van der Waals surface area contributed by atoms with Gasteiger partial charge in [-0.3, -0.25) is 9.13 Å². The molecule has 7 heteroatoms. The van der Waals surface area contributed by atoms with Crippen LogP contribution in [0.2, 0.25) is 0 Å². The molecule has 7 nitrogen and oxygen atoms in total. The molecule has 0 bridgehead atoms. The zero-order valence-corrected chi connectivity index (χ0v) is 13.5. The van der Waals surface area contributed by atoms with Crippen LogP contribution in [0.1, 0.15) is 0 Å². The third-order valence-corrected chi connectivity index (χ3v) is 3.92. The number of ether oxygens (including phenoxy) is 1. The van der Waals surface area contributed by atoms with Gasteiger partial charge in [0.2, 0.25) is 0 Å². The molecule has 4 aromatic rings. The molecule has 25 heavy (non-hydrogen) atoms. The fourth-order valence-electron chi connectivity index (χ4n) is 2.71. The van der Waals surface area contributed by atoms with Crippen molar-refractivity contribution >= 4 is 17.0 Å². The van der Waals surface area contributed by atoms with E-state index in [0.717, 1.165) is 5.75 Å². The Kier molecular flexibility index (Phi) is 3.46. The number of aromatic nitrogens is 4. The molecule has 2 N–H and O–H groups in total. The van der Waals surface area contributed by atoms with Gasteiger partial charge in [0.15, 0.2) is 11.5 Å². The van der Waals surface area contributed by atoms with Gasteiger partial charge in [0, 0.05) is 7.05 Å². The number of aryl methyl sites for hydroxylation is 1. The molecule has 0 saturated heterocycles. The quantitative estimate of drug-likeness (QED) is 0.622. The van der Waals surface area contributed by atoms with Gasteiger partial charge in [-0.25, -0.2) is 14.8 Å². The van der Waals surface area contributed by atoms with Crippen LogP contribution in [0, 0.1) is 0 Å². The monoisotopic (exact) mass is 333 g/mol. The summed E-state index contributed by atoms with van der Waals surface area (Å²) in [5.41, 5.74) is 7.37. The summed E-state index contributed by atoms with van der Waals surface area (Å²) in [6, 6.07) is 16.7. The minimum Gasteiger partial charge on any atom is -0.457 e. The molecule has 2 aromatic heterocycles. The van der Waals surface area contributed by atoms with Crippen molar-refractivity contribution in [3.63, 3.8) is 0 Å². The Hall–Kier alpha value is -3.61. The molecular formula is C18H15N5O2. The van der Waals surface area contributed by atoms with Crippen molar-refractivity contribution in [2.75, 3.05) is 5.73 Å². The number of nitrogens with zero attached hydrogens (tertiary/aromatic N) is 4. The Labute approximate surface area is 142 Å². The highest BCUT2D eigenvalue weighted by molar-refractivity contribution is 5.83.